The highest BCUT2D eigenvalue weighted by molar-refractivity contribution is 5.37. The van der Waals surface area contributed by atoms with Crippen molar-refractivity contribution in [3.8, 4) is 5.75 Å². The molecule has 0 spiro atoms. The lowest BCUT2D eigenvalue weighted by molar-refractivity contribution is 0.295. The first-order chi connectivity index (χ1) is 11.3. The summed E-state index contributed by atoms with van der Waals surface area (Å²) in [5.74, 6) is 1.54. The predicted molar refractivity (Wildman–Crippen MR) is 96.6 cm³/mol. The van der Waals surface area contributed by atoms with Crippen LogP contribution in [0.4, 0.5) is 0 Å². The molecule has 0 aliphatic carbocycles. The molecule has 4 nitrogen and oxygen atoms in total. The molecule has 1 fully saturated rings. The summed E-state index contributed by atoms with van der Waals surface area (Å²) in [4.78, 5) is 0. The maximum atomic E-state index is 6.10. The zero-order chi connectivity index (χ0) is 16.5. The molecule has 2 rings (SSSR count). The molecule has 0 amide bonds. The van der Waals surface area contributed by atoms with Crippen molar-refractivity contribution in [2.45, 2.75) is 58.5 Å². The first-order valence-electron chi connectivity index (χ1n) is 9.21. The van der Waals surface area contributed by atoms with Crippen molar-refractivity contribution in [1.82, 2.24) is 16.2 Å². The number of hydrazine groups is 1. The van der Waals surface area contributed by atoms with E-state index in [4.69, 9.17) is 4.74 Å². The van der Waals surface area contributed by atoms with Crippen molar-refractivity contribution in [1.29, 1.82) is 0 Å². The smallest absolute Gasteiger partial charge is 0.124 e. The summed E-state index contributed by atoms with van der Waals surface area (Å²) in [6.07, 6.45) is 4.94. The molecular weight excluding hydrogens is 286 g/mol. The van der Waals surface area contributed by atoms with E-state index in [1.165, 1.54) is 24.8 Å². The van der Waals surface area contributed by atoms with E-state index < -0.39 is 0 Å². The average molecular weight is 319 g/mol. The Labute approximate surface area is 141 Å². The highest BCUT2D eigenvalue weighted by atomic mass is 16.5. The number of nitrogens with one attached hydrogen (secondary N) is 3. The van der Waals surface area contributed by atoms with Gasteiger partial charge in [0.25, 0.3) is 0 Å². The van der Waals surface area contributed by atoms with Crippen molar-refractivity contribution in [3.63, 3.8) is 0 Å². The van der Waals surface area contributed by atoms with E-state index in [1.807, 2.05) is 0 Å². The Kier molecular flexibility index (Phi) is 7.86. The third kappa shape index (κ3) is 5.20. The fraction of sp³-hybridized carbons (Fsp3) is 0.684. The molecule has 0 bridgehead atoms. The summed E-state index contributed by atoms with van der Waals surface area (Å²) < 4.78 is 6.10. The number of unbranched alkanes of at least 4 members (excludes halogenated alkanes) is 3. The van der Waals surface area contributed by atoms with Gasteiger partial charge in [-0.1, -0.05) is 51.3 Å². The lowest BCUT2D eigenvalue weighted by Gasteiger charge is -2.23. The maximum absolute atomic E-state index is 6.10. The van der Waals surface area contributed by atoms with Gasteiger partial charge in [0.05, 0.1) is 12.6 Å². The number of ether oxygens (including phenoxy) is 1. The summed E-state index contributed by atoms with van der Waals surface area (Å²) >= 11 is 0. The van der Waals surface area contributed by atoms with Crippen molar-refractivity contribution in [2.75, 3.05) is 19.7 Å². The Bertz CT molecular complexity index is 452. The zero-order valence-electron chi connectivity index (χ0n) is 14.9. The quantitative estimate of drug-likeness (QED) is 0.578. The number of hydrogen-bond acceptors (Lipinski definition) is 4. The minimum atomic E-state index is 0.288. The molecule has 1 saturated heterocycles. The van der Waals surface area contributed by atoms with E-state index in [0.717, 1.165) is 31.9 Å². The summed E-state index contributed by atoms with van der Waals surface area (Å²) in [5, 5.41) is 3.49. The minimum Gasteiger partial charge on any atom is -0.493 e. The summed E-state index contributed by atoms with van der Waals surface area (Å²) in [5.41, 5.74) is 8.12. The Hall–Kier alpha value is -1.10. The second-order valence-corrected chi connectivity index (χ2v) is 6.47. The normalized spacial score (nSPS) is 24.0. The van der Waals surface area contributed by atoms with Crippen molar-refractivity contribution in [2.24, 2.45) is 5.92 Å². The Morgan fingerprint density at radius 3 is 2.70 bits per heavy atom. The highest BCUT2D eigenvalue weighted by Crippen LogP contribution is 2.34. The minimum absolute atomic E-state index is 0.288. The molecule has 130 valence electrons. The Morgan fingerprint density at radius 2 is 1.91 bits per heavy atom. The topological polar surface area (TPSA) is 45.3 Å². The van der Waals surface area contributed by atoms with Crippen molar-refractivity contribution in [3.05, 3.63) is 29.8 Å². The second-order valence-electron chi connectivity index (χ2n) is 6.47. The van der Waals surface area contributed by atoms with Crippen LogP contribution in [0, 0.1) is 5.92 Å². The summed E-state index contributed by atoms with van der Waals surface area (Å²) in [6.45, 7) is 9.45. The summed E-state index contributed by atoms with van der Waals surface area (Å²) in [7, 11) is 0. The van der Waals surface area contributed by atoms with E-state index in [-0.39, 0.29) is 6.04 Å². The molecule has 1 aromatic rings. The molecule has 0 saturated carbocycles. The van der Waals surface area contributed by atoms with Crippen LogP contribution < -0.4 is 20.9 Å². The maximum Gasteiger partial charge on any atom is 0.124 e. The Balaban J connectivity index is 2.00. The third-order valence-electron chi connectivity index (χ3n) is 4.68. The molecule has 23 heavy (non-hydrogen) atoms. The van der Waals surface area contributed by atoms with Gasteiger partial charge in [-0.15, -0.1) is 0 Å². The molecule has 0 radical (unpaired) electrons. The molecule has 1 aliphatic rings. The monoisotopic (exact) mass is 319 g/mol. The van der Waals surface area contributed by atoms with Crippen LogP contribution in [0.1, 0.15) is 58.1 Å². The average Bonchev–Trinajstić information content (AvgIpc) is 2.94. The van der Waals surface area contributed by atoms with Gasteiger partial charge in [-0.25, -0.2) is 5.43 Å². The van der Waals surface area contributed by atoms with Crippen molar-refractivity contribution < 1.29 is 4.74 Å². The van der Waals surface area contributed by atoms with E-state index in [1.54, 1.807) is 0 Å². The molecule has 3 atom stereocenters. The van der Waals surface area contributed by atoms with Crippen molar-refractivity contribution >= 4 is 0 Å². The van der Waals surface area contributed by atoms with Crippen LogP contribution in [0.2, 0.25) is 0 Å². The molecule has 1 aromatic carbocycles. The fourth-order valence-corrected chi connectivity index (χ4v) is 3.22. The number of benzene rings is 1. The number of hydrogen-bond donors (Lipinski definition) is 3. The van der Waals surface area contributed by atoms with Crippen LogP contribution in [-0.2, 0) is 0 Å². The van der Waals surface area contributed by atoms with Crippen LogP contribution in [-0.4, -0.2) is 25.7 Å². The summed E-state index contributed by atoms with van der Waals surface area (Å²) in [6, 6.07) is 9.19. The van der Waals surface area contributed by atoms with E-state index >= 15 is 0 Å². The zero-order valence-corrected chi connectivity index (χ0v) is 14.9. The molecule has 1 heterocycles. The highest BCUT2D eigenvalue weighted by Gasteiger charge is 2.35. The molecule has 3 N–H and O–H groups in total. The second kappa shape index (κ2) is 9.91. The SMILES string of the molecule is CCCCCCOc1ccccc1C1NNC(C)C1CNCC. The van der Waals surface area contributed by atoms with Crippen LogP contribution >= 0.6 is 0 Å². The van der Waals surface area contributed by atoms with Gasteiger partial charge in [0.2, 0.25) is 0 Å². The van der Waals surface area contributed by atoms with Crippen LogP contribution in [0.15, 0.2) is 24.3 Å². The number of para-hydroxylation sites is 1. The lowest BCUT2D eigenvalue weighted by atomic mass is 9.89. The van der Waals surface area contributed by atoms with Crippen LogP contribution in [0.5, 0.6) is 5.75 Å². The third-order valence-corrected chi connectivity index (χ3v) is 4.68. The van der Waals surface area contributed by atoms with Gasteiger partial charge in [-0.3, -0.25) is 5.43 Å². The predicted octanol–water partition coefficient (Wildman–Crippen LogP) is 3.41. The molecular formula is C19H33N3O. The van der Waals surface area contributed by atoms with Crippen LogP contribution in [0.25, 0.3) is 0 Å². The van der Waals surface area contributed by atoms with Gasteiger partial charge in [-0.05, 0) is 26.0 Å². The molecule has 0 aromatic heterocycles. The molecule has 1 aliphatic heterocycles. The van der Waals surface area contributed by atoms with Gasteiger partial charge >= 0.3 is 0 Å². The van der Waals surface area contributed by atoms with E-state index in [0.29, 0.717) is 12.0 Å². The fourth-order valence-electron chi connectivity index (χ4n) is 3.22. The van der Waals surface area contributed by atoms with Gasteiger partial charge in [0.1, 0.15) is 5.75 Å². The van der Waals surface area contributed by atoms with Gasteiger partial charge < -0.3 is 10.1 Å². The van der Waals surface area contributed by atoms with E-state index in [9.17, 15) is 0 Å². The first-order valence-corrected chi connectivity index (χ1v) is 9.21. The van der Waals surface area contributed by atoms with Gasteiger partial charge in [0.15, 0.2) is 0 Å². The van der Waals surface area contributed by atoms with Crippen LogP contribution in [0.3, 0.4) is 0 Å². The Morgan fingerprint density at radius 1 is 1.09 bits per heavy atom. The number of rotatable bonds is 10. The lowest BCUT2D eigenvalue weighted by Crippen LogP contribution is -2.32. The largest absolute Gasteiger partial charge is 0.493 e. The van der Waals surface area contributed by atoms with E-state index in [2.05, 4.69) is 61.2 Å². The van der Waals surface area contributed by atoms with Gasteiger partial charge in [-0.2, -0.15) is 0 Å². The standard InChI is InChI=1S/C19H33N3O/c1-4-6-7-10-13-23-18-12-9-8-11-16(18)19-17(14-20-5-2)15(3)21-22-19/h8-9,11-12,15,17,19-22H,4-7,10,13-14H2,1-3H3. The molecule has 4 heteroatoms. The first kappa shape index (κ1) is 18.2. The molecule has 3 unspecified atom stereocenters. The van der Waals surface area contributed by atoms with Gasteiger partial charge in [0, 0.05) is 24.1 Å².